The van der Waals surface area contributed by atoms with Gasteiger partial charge in [-0.1, -0.05) is 38.1 Å². The number of carbonyl (C=O) groups is 1. The SMILES string of the molecule is COc1cc(OC)c(C2C3=C(CC(C)(C)CC3=O)Nc3nc(-c4ccccc4C)nn32)cc1OC. The fraction of sp³-hybridized carbons (Fsp3) is 0.370. The van der Waals surface area contributed by atoms with E-state index in [9.17, 15) is 4.79 Å². The fourth-order valence-electron chi connectivity index (χ4n) is 5.10. The molecule has 1 aliphatic heterocycles. The van der Waals surface area contributed by atoms with Crippen molar-refractivity contribution in [2.24, 2.45) is 5.41 Å². The number of Topliss-reactive ketones (excluding diaryl/α,β-unsaturated/α-hetero) is 1. The molecule has 0 radical (unpaired) electrons. The maximum Gasteiger partial charge on any atom is 0.226 e. The number of methoxy groups -OCH3 is 3. The lowest BCUT2D eigenvalue weighted by molar-refractivity contribution is -0.118. The molecule has 0 saturated heterocycles. The second-order valence-corrected chi connectivity index (χ2v) is 9.83. The number of carbonyl (C=O) groups excluding carboxylic acids is 1. The monoisotopic (exact) mass is 474 g/mol. The van der Waals surface area contributed by atoms with Crippen LogP contribution < -0.4 is 19.5 Å². The van der Waals surface area contributed by atoms with Gasteiger partial charge in [0.25, 0.3) is 0 Å². The first kappa shape index (κ1) is 23.0. The van der Waals surface area contributed by atoms with Gasteiger partial charge in [-0.25, -0.2) is 4.68 Å². The van der Waals surface area contributed by atoms with E-state index in [2.05, 4.69) is 19.2 Å². The number of ketones is 1. The number of allylic oxidation sites excluding steroid dienone is 2. The summed E-state index contributed by atoms with van der Waals surface area (Å²) in [6.45, 7) is 6.26. The van der Waals surface area contributed by atoms with E-state index in [1.54, 1.807) is 32.1 Å². The summed E-state index contributed by atoms with van der Waals surface area (Å²) >= 11 is 0. The molecule has 1 N–H and O–H groups in total. The number of aromatic nitrogens is 3. The van der Waals surface area contributed by atoms with Gasteiger partial charge < -0.3 is 19.5 Å². The molecule has 2 aliphatic rings. The maximum absolute atomic E-state index is 13.6. The Bertz CT molecular complexity index is 1360. The minimum atomic E-state index is -0.523. The van der Waals surface area contributed by atoms with Gasteiger partial charge in [-0.2, -0.15) is 4.98 Å². The average molecular weight is 475 g/mol. The predicted octanol–water partition coefficient (Wildman–Crippen LogP) is 4.94. The number of nitrogens with one attached hydrogen (secondary N) is 1. The Kier molecular flexibility index (Phi) is 5.54. The summed E-state index contributed by atoms with van der Waals surface area (Å²) in [5.74, 6) is 2.96. The van der Waals surface area contributed by atoms with Crippen molar-refractivity contribution < 1.29 is 19.0 Å². The number of benzene rings is 2. The number of hydrogen-bond donors (Lipinski definition) is 1. The highest BCUT2D eigenvalue weighted by Gasteiger charge is 2.43. The lowest BCUT2D eigenvalue weighted by Crippen LogP contribution is -2.36. The summed E-state index contributed by atoms with van der Waals surface area (Å²) in [6.07, 6.45) is 1.18. The van der Waals surface area contributed by atoms with Crippen molar-refractivity contribution in [3.63, 3.8) is 0 Å². The van der Waals surface area contributed by atoms with Crippen molar-refractivity contribution in [2.45, 2.75) is 39.7 Å². The molecule has 0 bridgehead atoms. The molecule has 35 heavy (non-hydrogen) atoms. The Morgan fingerprint density at radius 1 is 1.00 bits per heavy atom. The molecule has 8 heteroatoms. The van der Waals surface area contributed by atoms with E-state index in [0.29, 0.717) is 41.0 Å². The molecule has 1 aromatic heterocycles. The van der Waals surface area contributed by atoms with E-state index in [1.165, 1.54) is 0 Å². The van der Waals surface area contributed by atoms with Crippen LogP contribution in [0.15, 0.2) is 47.7 Å². The minimum Gasteiger partial charge on any atom is -0.496 e. The molecule has 5 rings (SSSR count). The summed E-state index contributed by atoms with van der Waals surface area (Å²) in [5.41, 5.74) is 4.18. The number of ether oxygens (including phenoxy) is 3. The van der Waals surface area contributed by atoms with Crippen molar-refractivity contribution in [1.29, 1.82) is 0 Å². The molecule has 3 aromatic rings. The predicted molar refractivity (Wildman–Crippen MR) is 133 cm³/mol. The van der Waals surface area contributed by atoms with Crippen LogP contribution in [0.1, 0.15) is 43.9 Å². The van der Waals surface area contributed by atoms with Crippen LogP contribution in [0.25, 0.3) is 11.4 Å². The van der Waals surface area contributed by atoms with Crippen LogP contribution in [0.2, 0.25) is 0 Å². The quantitative estimate of drug-likeness (QED) is 0.561. The Hall–Kier alpha value is -3.81. The fourth-order valence-corrected chi connectivity index (χ4v) is 5.10. The van der Waals surface area contributed by atoms with Crippen molar-refractivity contribution in [1.82, 2.24) is 14.8 Å². The van der Waals surface area contributed by atoms with E-state index in [4.69, 9.17) is 24.3 Å². The highest BCUT2D eigenvalue weighted by atomic mass is 16.5. The zero-order valence-electron chi connectivity index (χ0n) is 20.9. The number of anilines is 1. The highest BCUT2D eigenvalue weighted by molar-refractivity contribution is 6.00. The molecule has 0 saturated carbocycles. The molecule has 2 heterocycles. The maximum atomic E-state index is 13.6. The van der Waals surface area contributed by atoms with Crippen molar-refractivity contribution in [3.05, 3.63) is 58.8 Å². The largest absolute Gasteiger partial charge is 0.496 e. The Morgan fingerprint density at radius 3 is 2.37 bits per heavy atom. The third-order valence-electron chi connectivity index (χ3n) is 6.75. The Balaban J connectivity index is 1.76. The normalized spacial score (nSPS) is 18.5. The van der Waals surface area contributed by atoms with Gasteiger partial charge in [-0.05, 0) is 30.4 Å². The van der Waals surface area contributed by atoms with Gasteiger partial charge >= 0.3 is 0 Å². The standard InChI is InChI=1S/C27H30N4O4/c1-15-9-7-8-10-16(15)25-29-26-28-18-13-27(2,3)14-19(32)23(18)24(31(26)30-25)17-11-21(34-5)22(35-6)12-20(17)33-4/h7-12,24H,13-14H2,1-6H3,(H,28,29,30). The summed E-state index contributed by atoms with van der Waals surface area (Å²) in [5, 5.41) is 8.34. The van der Waals surface area contributed by atoms with Crippen molar-refractivity contribution in [3.8, 4) is 28.6 Å². The van der Waals surface area contributed by atoms with Gasteiger partial charge in [0, 0.05) is 34.9 Å². The van der Waals surface area contributed by atoms with Gasteiger partial charge in [0.2, 0.25) is 5.95 Å². The highest BCUT2D eigenvalue weighted by Crippen LogP contribution is 2.49. The zero-order chi connectivity index (χ0) is 24.9. The molecule has 1 unspecified atom stereocenters. The zero-order valence-corrected chi connectivity index (χ0v) is 20.9. The van der Waals surface area contributed by atoms with E-state index in [-0.39, 0.29) is 11.2 Å². The lowest BCUT2D eigenvalue weighted by atomic mass is 9.73. The van der Waals surface area contributed by atoms with Crippen LogP contribution >= 0.6 is 0 Å². The van der Waals surface area contributed by atoms with Crippen LogP contribution in [0.3, 0.4) is 0 Å². The molecule has 1 aliphatic carbocycles. The van der Waals surface area contributed by atoms with Gasteiger partial charge in [0.05, 0.1) is 21.3 Å². The lowest BCUT2D eigenvalue weighted by Gasteiger charge is -2.38. The summed E-state index contributed by atoms with van der Waals surface area (Å²) < 4.78 is 18.7. The Labute approximate surface area is 204 Å². The van der Waals surface area contributed by atoms with Crippen molar-refractivity contribution in [2.75, 3.05) is 26.6 Å². The van der Waals surface area contributed by atoms with Crippen LogP contribution in [-0.2, 0) is 4.79 Å². The smallest absolute Gasteiger partial charge is 0.226 e. The molecule has 0 fully saturated rings. The second-order valence-electron chi connectivity index (χ2n) is 9.83. The summed E-state index contributed by atoms with van der Waals surface area (Å²) in [7, 11) is 4.78. The summed E-state index contributed by atoms with van der Waals surface area (Å²) in [6, 6.07) is 11.1. The first-order valence-electron chi connectivity index (χ1n) is 11.6. The molecule has 182 valence electrons. The average Bonchev–Trinajstić information content (AvgIpc) is 3.24. The molecule has 2 aromatic carbocycles. The number of hydrogen-bond acceptors (Lipinski definition) is 7. The van der Waals surface area contributed by atoms with Crippen LogP contribution in [0, 0.1) is 12.3 Å². The van der Waals surface area contributed by atoms with Crippen LogP contribution in [0.5, 0.6) is 17.2 Å². The first-order valence-corrected chi connectivity index (χ1v) is 11.6. The number of aryl methyl sites for hydroxylation is 1. The van der Waals surface area contributed by atoms with E-state index >= 15 is 0 Å². The molecular weight excluding hydrogens is 444 g/mol. The molecule has 1 atom stereocenters. The number of nitrogens with zero attached hydrogens (tertiary/aromatic N) is 3. The van der Waals surface area contributed by atoms with Crippen LogP contribution in [0.4, 0.5) is 5.95 Å². The molecule has 0 spiro atoms. The third-order valence-corrected chi connectivity index (χ3v) is 6.75. The topological polar surface area (TPSA) is 87.5 Å². The summed E-state index contributed by atoms with van der Waals surface area (Å²) in [4.78, 5) is 18.4. The van der Waals surface area contributed by atoms with Gasteiger partial charge in [-0.3, -0.25) is 4.79 Å². The molecule has 8 nitrogen and oxygen atoms in total. The van der Waals surface area contributed by atoms with Gasteiger partial charge in [0.1, 0.15) is 11.8 Å². The molecular formula is C27H30N4O4. The third kappa shape index (κ3) is 3.83. The van der Waals surface area contributed by atoms with E-state index in [0.717, 1.165) is 28.8 Å². The van der Waals surface area contributed by atoms with Gasteiger partial charge in [0.15, 0.2) is 23.1 Å². The van der Waals surface area contributed by atoms with Crippen LogP contribution in [-0.4, -0.2) is 41.9 Å². The first-order chi connectivity index (χ1) is 16.8. The number of rotatable bonds is 5. The van der Waals surface area contributed by atoms with E-state index < -0.39 is 6.04 Å². The van der Waals surface area contributed by atoms with Gasteiger partial charge in [-0.15, -0.1) is 5.10 Å². The second kappa shape index (κ2) is 8.45. The minimum absolute atomic E-state index is 0.0872. The molecule has 0 amide bonds. The van der Waals surface area contributed by atoms with E-state index in [1.807, 2.05) is 37.3 Å². The Morgan fingerprint density at radius 2 is 1.69 bits per heavy atom. The number of fused-ring (bicyclic) bond motifs is 1. The van der Waals surface area contributed by atoms with Crippen molar-refractivity contribution >= 4 is 11.7 Å².